The molecule has 330 valence electrons. The van der Waals surface area contributed by atoms with Gasteiger partial charge in [0.1, 0.15) is 23.9 Å². The average molecular weight is 830 g/mol. The van der Waals surface area contributed by atoms with Gasteiger partial charge in [-0.15, -0.1) is 0 Å². The SMILES string of the molecule is C[C@H]1C[C@H](CN/C=C/C(=O)c2ccccc2O)N(c2ccc(OCCCCCCCCC(=O)NCCOCCOCCOCCOCCOCCOCC(N)=O)cn2)C1. The van der Waals surface area contributed by atoms with E-state index in [1.165, 1.54) is 12.1 Å². The van der Waals surface area contributed by atoms with E-state index < -0.39 is 5.91 Å². The van der Waals surface area contributed by atoms with Gasteiger partial charge in [0, 0.05) is 44.4 Å². The maximum absolute atomic E-state index is 12.4. The number of benzene rings is 1. The molecule has 0 radical (unpaired) electrons. The van der Waals surface area contributed by atoms with Crippen LogP contribution in [0.5, 0.6) is 11.5 Å². The lowest BCUT2D eigenvalue weighted by atomic mass is 10.1. The maximum Gasteiger partial charge on any atom is 0.243 e. The number of nitrogens with one attached hydrogen (secondary N) is 2. The molecule has 0 aliphatic carbocycles. The van der Waals surface area contributed by atoms with Gasteiger partial charge in [-0.1, -0.05) is 44.7 Å². The maximum atomic E-state index is 12.4. The number of carbonyl (C=O) groups is 3. The number of aromatic hydroxyl groups is 1. The molecule has 2 atom stereocenters. The highest BCUT2D eigenvalue weighted by atomic mass is 16.6. The zero-order valence-corrected chi connectivity index (χ0v) is 34.8. The second-order valence-electron chi connectivity index (χ2n) is 14.3. The van der Waals surface area contributed by atoms with Crippen LogP contribution in [-0.2, 0) is 38.0 Å². The fraction of sp³-hybridized carbons (Fsp3) is 0.628. The molecule has 5 N–H and O–H groups in total. The third-order valence-corrected chi connectivity index (χ3v) is 9.25. The normalized spacial score (nSPS) is 15.2. The molecule has 0 saturated carbocycles. The standard InChI is InChI=1S/C43H67N5O11/c1-35-30-36(31-45-16-15-40(50)38-10-7-8-11-39(38)49)48(33-35)42-14-13-37(32-47-42)59-18-9-5-3-2-4-6-12-43(52)46-17-19-53-20-21-54-22-23-55-24-25-56-26-27-57-28-29-58-34-41(44)51/h7-8,10-11,13-16,32,35-36,45,49H,2-6,9,12,17-31,33-34H2,1H3,(H2,44,51)(H,46,52)/b16-15+/t35-,36+/m0/s1. The molecule has 59 heavy (non-hydrogen) atoms. The quantitative estimate of drug-likeness (QED) is 0.0439. The Morgan fingerprint density at radius 1 is 0.797 bits per heavy atom. The molecule has 2 aromatic rings. The Hall–Kier alpha value is -4.32. The van der Waals surface area contributed by atoms with E-state index in [2.05, 4.69) is 22.5 Å². The van der Waals surface area contributed by atoms with Gasteiger partial charge in [0.2, 0.25) is 11.8 Å². The van der Waals surface area contributed by atoms with Gasteiger partial charge in [0.25, 0.3) is 0 Å². The number of phenols is 1. The number of rotatable bonds is 36. The molecular weight excluding hydrogens is 762 g/mol. The smallest absolute Gasteiger partial charge is 0.243 e. The van der Waals surface area contributed by atoms with Crippen LogP contribution in [0.15, 0.2) is 54.9 Å². The highest BCUT2D eigenvalue weighted by Crippen LogP contribution is 2.28. The van der Waals surface area contributed by atoms with Crippen molar-refractivity contribution in [2.24, 2.45) is 11.7 Å². The number of hydrogen-bond donors (Lipinski definition) is 4. The summed E-state index contributed by atoms with van der Waals surface area (Å²) in [5, 5.41) is 16.1. The molecule has 1 saturated heterocycles. The molecule has 16 nitrogen and oxygen atoms in total. The van der Waals surface area contributed by atoms with Gasteiger partial charge in [-0.05, 0) is 49.4 Å². The van der Waals surface area contributed by atoms with Crippen LogP contribution in [0.25, 0.3) is 0 Å². The predicted molar refractivity (Wildman–Crippen MR) is 224 cm³/mol. The number of allylic oxidation sites excluding steroid dienone is 1. The van der Waals surface area contributed by atoms with Crippen molar-refractivity contribution in [2.45, 2.75) is 64.3 Å². The molecule has 0 unspecified atom stereocenters. The molecule has 0 bridgehead atoms. The van der Waals surface area contributed by atoms with Crippen LogP contribution >= 0.6 is 0 Å². The number of carbonyl (C=O) groups excluding carboxylic acids is 3. The lowest BCUT2D eigenvalue weighted by molar-refractivity contribution is -0.123. The van der Waals surface area contributed by atoms with Crippen LogP contribution in [0.2, 0.25) is 0 Å². The van der Waals surface area contributed by atoms with Crippen molar-refractivity contribution in [2.75, 3.05) is 110 Å². The number of pyridine rings is 1. The number of hydrogen-bond acceptors (Lipinski definition) is 14. The number of anilines is 1. The summed E-state index contributed by atoms with van der Waals surface area (Å²) in [5.74, 6) is 1.48. The van der Waals surface area contributed by atoms with E-state index in [9.17, 15) is 19.5 Å². The van der Waals surface area contributed by atoms with Crippen LogP contribution < -0.4 is 26.0 Å². The van der Waals surface area contributed by atoms with Crippen LogP contribution in [0.1, 0.15) is 68.6 Å². The van der Waals surface area contributed by atoms with Crippen LogP contribution in [0.4, 0.5) is 5.82 Å². The zero-order chi connectivity index (χ0) is 42.2. The second kappa shape index (κ2) is 31.6. The summed E-state index contributed by atoms with van der Waals surface area (Å²) in [6.45, 7) is 9.61. The molecule has 1 fully saturated rings. The molecule has 1 aliphatic rings. The summed E-state index contributed by atoms with van der Waals surface area (Å²) in [7, 11) is 0. The Kier molecular flexibility index (Phi) is 26.3. The first-order chi connectivity index (χ1) is 28.8. The van der Waals surface area contributed by atoms with Crippen molar-refractivity contribution in [3.8, 4) is 11.5 Å². The van der Waals surface area contributed by atoms with Gasteiger partial charge in [0.05, 0.1) is 91.0 Å². The van der Waals surface area contributed by atoms with Gasteiger partial charge >= 0.3 is 0 Å². The number of ketones is 1. The van der Waals surface area contributed by atoms with Gasteiger partial charge in [-0.25, -0.2) is 4.98 Å². The Morgan fingerprint density at radius 2 is 1.41 bits per heavy atom. The monoisotopic (exact) mass is 829 g/mol. The molecule has 1 aromatic carbocycles. The van der Waals surface area contributed by atoms with E-state index in [1.807, 2.05) is 12.1 Å². The van der Waals surface area contributed by atoms with Gasteiger partial charge in [0.15, 0.2) is 5.78 Å². The minimum absolute atomic E-state index is 0.0227. The van der Waals surface area contributed by atoms with E-state index in [0.29, 0.717) is 105 Å². The first-order valence-electron chi connectivity index (χ1n) is 20.9. The van der Waals surface area contributed by atoms with E-state index in [0.717, 1.165) is 63.1 Å². The highest BCUT2D eigenvalue weighted by Gasteiger charge is 2.30. The summed E-state index contributed by atoms with van der Waals surface area (Å²) in [6, 6.07) is 10.8. The van der Waals surface area contributed by atoms with Crippen LogP contribution in [-0.4, -0.2) is 139 Å². The Bertz CT molecular complexity index is 1470. The summed E-state index contributed by atoms with van der Waals surface area (Å²) in [6.07, 6.45) is 12.6. The minimum Gasteiger partial charge on any atom is -0.507 e. The lowest BCUT2D eigenvalue weighted by Crippen LogP contribution is -2.37. The number of primary amides is 1. The molecular formula is C43H67N5O11. The minimum atomic E-state index is -0.502. The Labute approximate surface area is 349 Å². The van der Waals surface area contributed by atoms with Gasteiger partial charge < -0.3 is 59.5 Å². The fourth-order valence-corrected chi connectivity index (χ4v) is 6.27. The summed E-state index contributed by atoms with van der Waals surface area (Å²) >= 11 is 0. The number of aromatic nitrogens is 1. The van der Waals surface area contributed by atoms with Gasteiger partial charge in [-0.2, -0.15) is 0 Å². The zero-order valence-electron chi connectivity index (χ0n) is 34.8. The third kappa shape index (κ3) is 23.2. The molecule has 3 rings (SSSR count). The summed E-state index contributed by atoms with van der Waals surface area (Å²) in [4.78, 5) is 42.0. The van der Waals surface area contributed by atoms with Crippen LogP contribution in [0.3, 0.4) is 0 Å². The number of amides is 2. The number of para-hydroxylation sites is 1. The third-order valence-electron chi connectivity index (χ3n) is 9.25. The van der Waals surface area contributed by atoms with E-state index in [4.69, 9.17) is 43.9 Å². The van der Waals surface area contributed by atoms with Gasteiger partial charge in [-0.3, -0.25) is 14.4 Å². The number of nitrogens with two attached hydrogens (primary N) is 1. The topological polar surface area (TPSA) is 202 Å². The molecule has 2 amide bonds. The molecule has 1 aliphatic heterocycles. The van der Waals surface area contributed by atoms with Crippen molar-refractivity contribution in [1.29, 1.82) is 0 Å². The largest absolute Gasteiger partial charge is 0.507 e. The van der Waals surface area contributed by atoms with E-state index >= 15 is 0 Å². The first-order valence-corrected chi connectivity index (χ1v) is 20.9. The summed E-state index contributed by atoms with van der Waals surface area (Å²) in [5.41, 5.74) is 5.25. The van der Waals surface area contributed by atoms with E-state index in [-0.39, 0.29) is 35.7 Å². The average Bonchev–Trinajstić information content (AvgIpc) is 3.61. The molecule has 2 heterocycles. The molecule has 0 spiro atoms. The number of ether oxygens (including phenoxy) is 7. The highest BCUT2D eigenvalue weighted by molar-refractivity contribution is 6.06. The predicted octanol–water partition coefficient (Wildman–Crippen LogP) is 3.80. The molecule has 1 aromatic heterocycles. The Balaban J connectivity index is 1.07. The Morgan fingerprint density at radius 3 is 2.03 bits per heavy atom. The van der Waals surface area contributed by atoms with Crippen molar-refractivity contribution < 1.29 is 52.6 Å². The fourth-order valence-electron chi connectivity index (χ4n) is 6.27. The molecule has 16 heteroatoms. The van der Waals surface area contributed by atoms with Crippen molar-refractivity contribution in [1.82, 2.24) is 15.6 Å². The van der Waals surface area contributed by atoms with Crippen molar-refractivity contribution in [3.63, 3.8) is 0 Å². The number of phenolic OH excluding ortho intramolecular Hbond substituents is 1. The lowest BCUT2D eigenvalue weighted by Gasteiger charge is -2.25. The first kappa shape index (κ1) is 49.0. The number of nitrogens with zero attached hydrogens (tertiary/aromatic N) is 2. The van der Waals surface area contributed by atoms with E-state index in [1.54, 1.807) is 30.6 Å². The number of unbranched alkanes of at least 4 members (excludes halogenated alkanes) is 5. The van der Waals surface area contributed by atoms with Crippen molar-refractivity contribution in [3.05, 3.63) is 60.4 Å². The van der Waals surface area contributed by atoms with Crippen LogP contribution in [0, 0.1) is 5.92 Å². The second-order valence-corrected chi connectivity index (χ2v) is 14.3. The van der Waals surface area contributed by atoms with Crippen molar-refractivity contribution >= 4 is 23.4 Å². The summed E-state index contributed by atoms with van der Waals surface area (Å²) < 4.78 is 38.1.